The Bertz CT molecular complexity index is 1720. The van der Waals surface area contributed by atoms with Crippen molar-refractivity contribution in [2.75, 3.05) is 31.7 Å². The number of benzene rings is 2. The van der Waals surface area contributed by atoms with Gasteiger partial charge in [0.05, 0.1) is 36.2 Å². The first-order valence-corrected chi connectivity index (χ1v) is 15.5. The lowest BCUT2D eigenvalue weighted by Crippen LogP contribution is -2.45. The molecule has 238 valence electrons. The number of ether oxygens (including phenoxy) is 3. The van der Waals surface area contributed by atoms with E-state index in [9.17, 15) is 9.90 Å². The fourth-order valence-corrected chi connectivity index (χ4v) is 5.91. The maximum atomic E-state index is 13.3. The molecule has 1 atom stereocenters. The highest BCUT2D eigenvalue weighted by atomic mass is 35.5. The smallest absolute Gasteiger partial charge is 0.339 e. The van der Waals surface area contributed by atoms with E-state index in [1.807, 2.05) is 58.0 Å². The molecule has 10 heteroatoms. The van der Waals surface area contributed by atoms with E-state index in [1.165, 1.54) is 7.11 Å². The summed E-state index contributed by atoms with van der Waals surface area (Å²) in [7, 11) is 1.36. The Hall–Kier alpha value is -3.92. The van der Waals surface area contributed by atoms with Gasteiger partial charge in [-0.25, -0.2) is 9.78 Å². The zero-order valence-corrected chi connectivity index (χ0v) is 27.5. The number of phenols is 1. The third-order valence-corrected chi connectivity index (χ3v) is 8.29. The summed E-state index contributed by atoms with van der Waals surface area (Å²) in [6.07, 6.45) is 2.29. The van der Waals surface area contributed by atoms with Crippen LogP contribution in [0.5, 0.6) is 5.75 Å². The number of hydrogen-bond donors (Lipinski definition) is 1. The van der Waals surface area contributed by atoms with Crippen LogP contribution < -0.4 is 4.90 Å². The molecule has 0 radical (unpaired) electrons. The molecule has 9 nitrogen and oxygen atoms in total. The van der Waals surface area contributed by atoms with Crippen LogP contribution >= 0.6 is 11.6 Å². The number of nitrogens with zero attached hydrogens (tertiary/aromatic N) is 4. The first kappa shape index (κ1) is 32.5. The van der Waals surface area contributed by atoms with Gasteiger partial charge in [-0.05, 0) is 77.3 Å². The second-order valence-corrected chi connectivity index (χ2v) is 13.1. The summed E-state index contributed by atoms with van der Waals surface area (Å²) >= 11 is 6.24. The third kappa shape index (κ3) is 7.01. The average Bonchev–Trinajstić information content (AvgIpc) is 3.43. The zero-order chi connectivity index (χ0) is 32.5. The molecule has 0 unspecified atom stereocenters. The number of fused-ring (bicyclic) bond motifs is 1. The van der Waals surface area contributed by atoms with Crippen LogP contribution in [0, 0.1) is 6.92 Å². The van der Waals surface area contributed by atoms with Gasteiger partial charge in [-0.3, -0.25) is 0 Å². The molecule has 2 aromatic carbocycles. The van der Waals surface area contributed by atoms with Crippen LogP contribution in [0.1, 0.15) is 57.9 Å². The molecule has 0 saturated carbocycles. The Balaban J connectivity index is 1.66. The van der Waals surface area contributed by atoms with Gasteiger partial charge in [0.2, 0.25) is 0 Å². The van der Waals surface area contributed by atoms with E-state index in [1.54, 1.807) is 28.8 Å². The van der Waals surface area contributed by atoms with Gasteiger partial charge in [0.1, 0.15) is 11.6 Å². The Kier molecular flexibility index (Phi) is 9.26. The topological polar surface area (TPSA) is 98.4 Å². The van der Waals surface area contributed by atoms with Gasteiger partial charge in [-0.2, -0.15) is 9.61 Å². The summed E-state index contributed by atoms with van der Waals surface area (Å²) in [5, 5.41) is 16.1. The van der Waals surface area contributed by atoms with E-state index in [4.69, 9.17) is 35.9 Å². The third-order valence-electron chi connectivity index (χ3n) is 8.05. The second kappa shape index (κ2) is 12.8. The summed E-state index contributed by atoms with van der Waals surface area (Å²) in [5.41, 5.74) is 3.91. The maximum absolute atomic E-state index is 13.3. The molecule has 1 saturated heterocycles. The monoisotopic (exact) mass is 632 g/mol. The number of carbonyl (C=O) groups excluding carboxylic acids is 1. The molecule has 5 rings (SSSR count). The highest BCUT2D eigenvalue weighted by molar-refractivity contribution is 6.31. The van der Waals surface area contributed by atoms with E-state index >= 15 is 0 Å². The van der Waals surface area contributed by atoms with Crippen molar-refractivity contribution in [2.24, 2.45) is 0 Å². The fraction of sp³-hybridized carbons (Fsp3) is 0.400. The summed E-state index contributed by atoms with van der Waals surface area (Å²) in [4.78, 5) is 20.4. The first-order valence-electron chi connectivity index (χ1n) is 15.1. The number of hydrogen-bond acceptors (Lipinski definition) is 8. The molecule has 1 aliphatic heterocycles. The van der Waals surface area contributed by atoms with E-state index in [0.717, 1.165) is 29.8 Å². The number of piperidine rings is 1. The number of methoxy groups -OCH3 is 1. The molecular formula is C35H41ClN4O5. The number of phenolic OH excluding ortho intramolecular Hbond substituents is 1. The molecule has 45 heavy (non-hydrogen) atoms. The molecule has 0 bridgehead atoms. The first-order chi connectivity index (χ1) is 21.3. The molecule has 4 aromatic rings. The average molecular weight is 633 g/mol. The standard InChI is InChI=1S/C35H41ClN4O5/c1-8-18-44-35(6)14-16-39(17-15-35)32-30(31(33(42)43-7)45-34(3,4)5)22(2)37-29-21-27(38-40(29)32)24-11-9-10-23(19-24)26-20-25(36)12-13-28(26)41/h8-13,19-21,31,41H,1,14-18H2,2-7H3/t31-/m0/s1. The van der Waals surface area contributed by atoms with Crippen LogP contribution in [-0.2, 0) is 19.0 Å². The summed E-state index contributed by atoms with van der Waals surface area (Å²) < 4.78 is 19.5. The van der Waals surface area contributed by atoms with Crippen LogP contribution in [0.4, 0.5) is 5.82 Å². The molecule has 1 N–H and O–H groups in total. The van der Waals surface area contributed by atoms with Crippen molar-refractivity contribution in [3.8, 4) is 28.1 Å². The minimum atomic E-state index is -1.02. The molecule has 0 amide bonds. The predicted octanol–water partition coefficient (Wildman–Crippen LogP) is 7.32. The Morgan fingerprint density at radius 1 is 1.16 bits per heavy atom. The largest absolute Gasteiger partial charge is 0.507 e. The molecule has 0 aliphatic carbocycles. The molecule has 1 fully saturated rings. The maximum Gasteiger partial charge on any atom is 0.339 e. The van der Waals surface area contributed by atoms with E-state index in [-0.39, 0.29) is 11.4 Å². The highest BCUT2D eigenvalue weighted by Crippen LogP contribution is 2.39. The van der Waals surface area contributed by atoms with E-state index in [2.05, 4.69) is 18.4 Å². The number of anilines is 1. The van der Waals surface area contributed by atoms with Crippen molar-refractivity contribution in [3.63, 3.8) is 0 Å². The lowest BCUT2D eigenvalue weighted by molar-refractivity contribution is -0.164. The van der Waals surface area contributed by atoms with E-state index < -0.39 is 17.7 Å². The Morgan fingerprint density at radius 2 is 1.87 bits per heavy atom. The van der Waals surface area contributed by atoms with Gasteiger partial charge < -0.3 is 24.2 Å². The highest BCUT2D eigenvalue weighted by Gasteiger charge is 2.38. The summed E-state index contributed by atoms with van der Waals surface area (Å²) in [5.74, 6) is 0.364. The van der Waals surface area contributed by atoms with Gasteiger partial charge in [-0.15, -0.1) is 6.58 Å². The molecule has 3 heterocycles. The van der Waals surface area contributed by atoms with Gasteiger partial charge in [0.15, 0.2) is 11.8 Å². The minimum absolute atomic E-state index is 0.137. The van der Waals surface area contributed by atoms with Crippen molar-refractivity contribution < 1.29 is 24.1 Å². The minimum Gasteiger partial charge on any atom is -0.507 e. The van der Waals surface area contributed by atoms with Crippen molar-refractivity contribution in [1.29, 1.82) is 0 Å². The summed E-state index contributed by atoms with van der Waals surface area (Å²) in [6.45, 7) is 15.3. The lowest BCUT2D eigenvalue weighted by Gasteiger charge is -2.41. The number of rotatable bonds is 9. The van der Waals surface area contributed by atoms with Crippen LogP contribution in [0.2, 0.25) is 5.02 Å². The van der Waals surface area contributed by atoms with E-state index in [0.29, 0.717) is 52.9 Å². The molecule has 2 aromatic heterocycles. The van der Waals surface area contributed by atoms with Gasteiger partial charge in [-0.1, -0.05) is 35.9 Å². The number of halogens is 1. The van der Waals surface area contributed by atoms with Crippen LogP contribution in [-0.4, -0.2) is 63.7 Å². The van der Waals surface area contributed by atoms with Gasteiger partial charge in [0.25, 0.3) is 0 Å². The molecular weight excluding hydrogens is 592 g/mol. The van der Waals surface area contributed by atoms with Crippen molar-refractivity contribution >= 4 is 29.0 Å². The Morgan fingerprint density at radius 3 is 2.53 bits per heavy atom. The Labute approximate surface area is 269 Å². The van der Waals surface area contributed by atoms with Crippen LogP contribution in [0.3, 0.4) is 0 Å². The number of esters is 1. The zero-order valence-electron chi connectivity index (χ0n) is 26.8. The second-order valence-electron chi connectivity index (χ2n) is 12.6. The van der Waals surface area contributed by atoms with Gasteiger partial charge >= 0.3 is 5.97 Å². The molecule has 0 spiro atoms. The normalized spacial score (nSPS) is 15.7. The predicted molar refractivity (Wildman–Crippen MR) is 177 cm³/mol. The fourth-order valence-electron chi connectivity index (χ4n) is 5.73. The van der Waals surface area contributed by atoms with Crippen molar-refractivity contribution in [3.05, 3.63) is 77.5 Å². The number of aryl methyl sites for hydroxylation is 1. The number of carbonyl (C=O) groups is 1. The lowest BCUT2D eigenvalue weighted by atomic mass is 9.92. The molecule has 1 aliphatic rings. The quantitative estimate of drug-likeness (QED) is 0.151. The number of aromatic hydroxyl groups is 1. The SMILES string of the molecule is C=CCOC1(C)CCN(c2c([C@H](OC(C)(C)C)C(=O)OC)c(C)nc3cc(-c4cccc(-c5cc(Cl)ccc5O)c4)nn23)CC1. The number of aromatic nitrogens is 3. The van der Waals surface area contributed by atoms with Gasteiger partial charge in [0, 0.05) is 41.0 Å². The summed E-state index contributed by atoms with van der Waals surface area (Å²) in [6, 6.07) is 14.7. The van der Waals surface area contributed by atoms with Crippen LogP contribution in [0.25, 0.3) is 28.0 Å². The van der Waals surface area contributed by atoms with Crippen molar-refractivity contribution in [2.45, 2.75) is 64.8 Å². The van der Waals surface area contributed by atoms with Crippen molar-refractivity contribution in [1.82, 2.24) is 14.6 Å². The van der Waals surface area contributed by atoms with Crippen LogP contribution in [0.15, 0.2) is 61.2 Å².